The Hall–Kier alpha value is -2.77. The Morgan fingerprint density at radius 3 is 2.65 bits per heavy atom. The number of benzene rings is 1. The zero-order valence-corrected chi connectivity index (χ0v) is 11.0. The molecule has 0 atom stereocenters. The minimum Gasteiger partial charge on any atom is -0.493 e. The van der Waals surface area contributed by atoms with E-state index in [9.17, 15) is 9.59 Å². The van der Waals surface area contributed by atoms with Gasteiger partial charge in [-0.2, -0.15) is 0 Å². The molecule has 1 rings (SSSR count). The zero-order chi connectivity index (χ0) is 15.1. The van der Waals surface area contributed by atoms with Crippen LogP contribution in [-0.2, 0) is 4.79 Å². The number of urea groups is 1. The van der Waals surface area contributed by atoms with Crippen LogP contribution in [0.4, 0.5) is 4.79 Å². The maximum atomic E-state index is 11.2. The van der Waals surface area contributed by atoms with Gasteiger partial charge in [0.05, 0.1) is 12.8 Å². The minimum absolute atomic E-state index is 0.307. The predicted octanol–water partition coefficient (Wildman–Crippen LogP) is 0.467. The number of nitrogens with one attached hydrogen (secondary N) is 1. The van der Waals surface area contributed by atoms with Gasteiger partial charge in [0.15, 0.2) is 18.1 Å². The van der Waals surface area contributed by atoms with Crippen LogP contribution >= 0.6 is 0 Å². The molecule has 8 heteroatoms. The summed E-state index contributed by atoms with van der Waals surface area (Å²) < 4.78 is 10.3. The van der Waals surface area contributed by atoms with E-state index in [1.54, 1.807) is 25.1 Å². The molecule has 0 bridgehead atoms. The Kier molecular flexibility index (Phi) is 5.33. The van der Waals surface area contributed by atoms with Gasteiger partial charge >= 0.3 is 6.03 Å². The molecule has 0 aliphatic rings. The summed E-state index contributed by atoms with van der Waals surface area (Å²) >= 11 is 0. The lowest BCUT2D eigenvalue weighted by atomic mass is 10.1. The second-order valence-electron chi connectivity index (χ2n) is 3.75. The van der Waals surface area contributed by atoms with Crippen molar-refractivity contribution in [3.8, 4) is 11.5 Å². The standard InChI is InChI=1S/C12H15N3O5/c1-7(15-18)8-3-4-9(10(5-8)19-2)20-6-11(16)14-12(13)17/h3-5,18H,6H2,1-2H3,(H3,13,14,16,17)/b15-7+. The number of rotatable bonds is 5. The summed E-state index contributed by atoms with van der Waals surface area (Å²) in [5, 5.41) is 13.6. The van der Waals surface area contributed by atoms with Crippen LogP contribution in [0, 0.1) is 0 Å². The molecule has 0 unspecified atom stereocenters. The molecule has 0 heterocycles. The van der Waals surface area contributed by atoms with Crippen LogP contribution in [-0.4, -0.2) is 36.6 Å². The Morgan fingerprint density at radius 1 is 1.40 bits per heavy atom. The molecule has 0 aliphatic carbocycles. The smallest absolute Gasteiger partial charge is 0.318 e. The molecule has 108 valence electrons. The molecular formula is C12H15N3O5. The lowest BCUT2D eigenvalue weighted by Crippen LogP contribution is -2.38. The number of hydrogen-bond donors (Lipinski definition) is 3. The summed E-state index contributed by atoms with van der Waals surface area (Å²) in [4.78, 5) is 21.7. The van der Waals surface area contributed by atoms with Crippen LogP contribution < -0.4 is 20.5 Å². The first kappa shape index (κ1) is 15.3. The lowest BCUT2D eigenvalue weighted by Gasteiger charge is -2.11. The van der Waals surface area contributed by atoms with E-state index in [1.807, 2.05) is 5.32 Å². The molecule has 0 aromatic heterocycles. The number of imide groups is 1. The fourth-order valence-corrected chi connectivity index (χ4v) is 1.39. The van der Waals surface area contributed by atoms with Crippen molar-refractivity contribution in [3.05, 3.63) is 23.8 Å². The molecule has 4 N–H and O–H groups in total. The zero-order valence-electron chi connectivity index (χ0n) is 11.0. The van der Waals surface area contributed by atoms with Crippen LogP contribution in [0.25, 0.3) is 0 Å². The largest absolute Gasteiger partial charge is 0.493 e. The maximum absolute atomic E-state index is 11.2. The van der Waals surface area contributed by atoms with Crippen molar-refractivity contribution in [2.24, 2.45) is 10.9 Å². The number of primary amides is 1. The third-order valence-corrected chi connectivity index (χ3v) is 2.35. The fraction of sp³-hybridized carbons (Fsp3) is 0.250. The van der Waals surface area contributed by atoms with Crippen LogP contribution in [0.5, 0.6) is 11.5 Å². The van der Waals surface area contributed by atoms with E-state index >= 15 is 0 Å². The molecule has 0 fully saturated rings. The third-order valence-electron chi connectivity index (χ3n) is 2.35. The molecule has 0 saturated heterocycles. The second kappa shape index (κ2) is 6.98. The first-order chi connectivity index (χ1) is 9.47. The van der Waals surface area contributed by atoms with Crippen LogP contribution in [0.3, 0.4) is 0 Å². The van der Waals surface area contributed by atoms with Crippen LogP contribution in [0.1, 0.15) is 12.5 Å². The number of methoxy groups -OCH3 is 1. The highest BCUT2D eigenvalue weighted by molar-refractivity contribution is 5.98. The monoisotopic (exact) mass is 281 g/mol. The van der Waals surface area contributed by atoms with Crippen molar-refractivity contribution in [2.75, 3.05) is 13.7 Å². The van der Waals surface area contributed by atoms with E-state index in [0.717, 1.165) is 0 Å². The normalized spacial score (nSPS) is 10.8. The number of nitrogens with zero attached hydrogens (tertiary/aromatic N) is 1. The summed E-state index contributed by atoms with van der Waals surface area (Å²) in [7, 11) is 1.43. The van der Waals surface area contributed by atoms with Crippen molar-refractivity contribution < 1.29 is 24.3 Å². The Morgan fingerprint density at radius 2 is 2.10 bits per heavy atom. The van der Waals surface area contributed by atoms with Crippen molar-refractivity contribution in [1.29, 1.82) is 0 Å². The number of carbonyl (C=O) groups is 2. The first-order valence-electron chi connectivity index (χ1n) is 5.57. The molecule has 0 radical (unpaired) electrons. The Bertz CT molecular complexity index is 542. The topological polar surface area (TPSA) is 123 Å². The van der Waals surface area contributed by atoms with E-state index in [0.29, 0.717) is 22.8 Å². The lowest BCUT2D eigenvalue weighted by molar-refractivity contribution is -0.121. The first-order valence-corrected chi connectivity index (χ1v) is 5.57. The van der Waals surface area contributed by atoms with E-state index in [4.69, 9.17) is 20.4 Å². The molecule has 0 spiro atoms. The van der Waals surface area contributed by atoms with Gasteiger partial charge in [-0.05, 0) is 25.1 Å². The number of hydrogen-bond acceptors (Lipinski definition) is 6. The van der Waals surface area contributed by atoms with Crippen LogP contribution in [0.15, 0.2) is 23.4 Å². The molecule has 1 aromatic rings. The second-order valence-corrected chi connectivity index (χ2v) is 3.75. The predicted molar refractivity (Wildman–Crippen MR) is 70.2 cm³/mol. The summed E-state index contributed by atoms with van der Waals surface area (Å²) in [6, 6.07) is 3.84. The fourth-order valence-electron chi connectivity index (χ4n) is 1.39. The van der Waals surface area contributed by atoms with Gasteiger partial charge < -0.3 is 20.4 Å². The number of carbonyl (C=O) groups excluding carboxylic acids is 2. The number of oxime groups is 1. The number of ether oxygens (including phenoxy) is 2. The highest BCUT2D eigenvalue weighted by Crippen LogP contribution is 2.28. The van der Waals surface area contributed by atoms with Gasteiger partial charge in [-0.25, -0.2) is 4.79 Å². The SMILES string of the molecule is COc1cc(/C(C)=N/O)ccc1OCC(=O)NC(N)=O. The van der Waals surface area contributed by atoms with Crippen molar-refractivity contribution in [2.45, 2.75) is 6.92 Å². The summed E-state index contributed by atoms with van der Waals surface area (Å²) in [5.74, 6) is -0.00397. The average Bonchev–Trinajstić information content (AvgIpc) is 2.43. The van der Waals surface area contributed by atoms with Gasteiger partial charge in [0.1, 0.15) is 0 Å². The molecule has 20 heavy (non-hydrogen) atoms. The molecule has 8 nitrogen and oxygen atoms in total. The summed E-state index contributed by atoms with van der Waals surface area (Å²) in [5.41, 5.74) is 5.84. The van der Waals surface area contributed by atoms with Crippen molar-refractivity contribution in [3.63, 3.8) is 0 Å². The summed E-state index contributed by atoms with van der Waals surface area (Å²) in [6.45, 7) is 1.24. The Balaban J connectivity index is 2.80. The average molecular weight is 281 g/mol. The van der Waals surface area contributed by atoms with Gasteiger partial charge in [-0.15, -0.1) is 0 Å². The molecule has 0 aliphatic heterocycles. The van der Waals surface area contributed by atoms with E-state index in [-0.39, 0.29) is 6.61 Å². The van der Waals surface area contributed by atoms with Gasteiger partial charge in [-0.1, -0.05) is 5.16 Å². The highest BCUT2D eigenvalue weighted by atomic mass is 16.5. The quantitative estimate of drug-likeness (QED) is 0.411. The summed E-state index contributed by atoms with van der Waals surface area (Å²) in [6.07, 6.45) is 0. The van der Waals surface area contributed by atoms with E-state index in [2.05, 4.69) is 5.16 Å². The van der Waals surface area contributed by atoms with Gasteiger partial charge in [0, 0.05) is 5.56 Å². The minimum atomic E-state index is -0.948. The van der Waals surface area contributed by atoms with Gasteiger partial charge in [0.25, 0.3) is 5.91 Å². The highest BCUT2D eigenvalue weighted by Gasteiger charge is 2.10. The molecular weight excluding hydrogens is 266 g/mol. The molecule has 0 saturated carbocycles. The maximum Gasteiger partial charge on any atom is 0.318 e. The number of amides is 3. The number of nitrogens with two attached hydrogens (primary N) is 1. The third kappa shape index (κ3) is 4.16. The van der Waals surface area contributed by atoms with Crippen LogP contribution in [0.2, 0.25) is 0 Å². The Labute approximate surface area is 115 Å². The van der Waals surface area contributed by atoms with Gasteiger partial charge in [0.2, 0.25) is 0 Å². The van der Waals surface area contributed by atoms with E-state index < -0.39 is 11.9 Å². The molecule has 3 amide bonds. The van der Waals surface area contributed by atoms with Crippen molar-refractivity contribution >= 4 is 17.6 Å². The van der Waals surface area contributed by atoms with Crippen molar-refractivity contribution in [1.82, 2.24) is 5.32 Å². The van der Waals surface area contributed by atoms with Gasteiger partial charge in [-0.3, -0.25) is 10.1 Å². The van der Waals surface area contributed by atoms with E-state index in [1.165, 1.54) is 7.11 Å². The molecule has 1 aromatic carbocycles.